The van der Waals surface area contributed by atoms with Crippen molar-refractivity contribution in [2.75, 3.05) is 26.2 Å². The zero-order valence-corrected chi connectivity index (χ0v) is 12.4. The first kappa shape index (κ1) is 15.3. The average Bonchev–Trinajstić information content (AvgIpc) is 2.94. The minimum absolute atomic E-state index is 0.000374. The predicted molar refractivity (Wildman–Crippen MR) is 78.2 cm³/mol. The molecule has 0 aromatic carbocycles. The van der Waals surface area contributed by atoms with E-state index in [9.17, 15) is 4.79 Å². The van der Waals surface area contributed by atoms with Crippen molar-refractivity contribution < 1.29 is 10.0 Å². The zero-order valence-electron chi connectivity index (χ0n) is 12.4. The average molecular weight is 294 g/mol. The molecule has 0 aliphatic carbocycles. The summed E-state index contributed by atoms with van der Waals surface area (Å²) in [7, 11) is 1.79. The smallest absolute Gasteiger partial charge is 0.257 e. The molecule has 21 heavy (non-hydrogen) atoms. The monoisotopic (exact) mass is 294 g/mol. The van der Waals surface area contributed by atoms with Crippen molar-refractivity contribution in [3.8, 4) is 0 Å². The highest BCUT2D eigenvalue weighted by Gasteiger charge is 2.28. The van der Waals surface area contributed by atoms with E-state index in [2.05, 4.69) is 15.2 Å². The minimum atomic E-state index is -0.0781. The van der Waals surface area contributed by atoms with E-state index < -0.39 is 0 Å². The van der Waals surface area contributed by atoms with Gasteiger partial charge in [-0.25, -0.2) is 0 Å². The van der Waals surface area contributed by atoms with Crippen molar-refractivity contribution in [1.29, 1.82) is 0 Å². The van der Waals surface area contributed by atoms with Gasteiger partial charge in [-0.1, -0.05) is 12.1 Å². The van der Waals surface area contributed by atoms with Gasteiger partial charge in [-0.05, 0) is 6.42 Å². The SMILES string of the molecule is CCC(C(N)=NO)N1CCN(C(=O)c2cnn(C)c2)CC1. The summed E-state index contributed by atoms with van der Waals surface area (Å²) in [4.78, 5) is 16.3. The molecule has 0 bridgehead atoms. The summed E-state index contributed by atoms with van der Waals surface area (Å²) < 4.78 is 1.62. The molecule has 0 spiro atoms. The van der Waals surface area contributed by atoms with Crippen LogP contribution in [-0.4, -0.2) is 68.8 Å². The normalized spacial score (nSPS) is 18.8. The molecular weight excluding hydrogens is 272 g/mol. The van der Waals surface area contributed by atoms with Crippen LogP contribution in [0.4, 0.5) is 0 Å². The summed E-state index contributed by atoms with van der Waals surface area (Å²) in [5.74, 6) is 0.226. The topological polar surface area (TPSA) is 100.0 Å². The van der Waals surface area contributed by atoms with Gasteiger partial charge in [-0.15, -0.1) is 0 Å². The lowest BCUT2D eigenvalue weighted by Gasteiger charge is -2.38. The lowest BCUT2D eigenvalue weighted by Crippen LogP contribution is -2.55. The molecule has 3 N–H and O–H groups in total. The molecule has 8 nitrogen and oxygen atoms in total. The lowest BCUT2D eigenvalue weighted by molar-refractivity contribution is 0.0608. The molecule has 2 heterocycles. The van der Waals surface area contributed by atoms with Gasteiger partial charge in [-0.2, -0.15) is 5.10 Å². The molecule has 1 aromatic heterocycles. The molecule has 1 fully saturated rings. The van der Waals surface area contributed by atoms with Crippen LogP contribution in [0, 0.1) is 0 Å². The van der Waals surface area contributed by atoms with E-state index in [4.69, 9.17) is 10.9 Å². The molecule has 1 saturated heterocycles. The van der Waals surface area contributed by atoms with E-state index in [1.807, 2.05) is 11.8 Å². The van der Waals surface area contributed by atoms with Gasteiger partial charge in [0.1, 0.15) is 0 Å². The number of aryl methyl sites for hydroxylation is 1. The maximum absolute atomic E-state index is 12.3. The Morgan fingerprint density at radius 2 is 2.14 bits per heavy atom. The van der Waals surface area contributed by atoms with E-state index in [1.54, 1.807) is 24.1 Å². The summed E-state index contributed by atoms with van der Waals surface area (Å²) in [5, 5.41) is 15.9. The highest BCUT2D eigenvalue weighted by Crippen LogP contribution is 2.12. The number of amides is 1. The highest BCUT2D eigenvalue weighted by molar-refractivity contribution is 5.93. The quantitative estimate of drug-likeness (QED) is 0.344. The number of hydrogen-bond acceptors (Lipinski definition) is 5. The fraction of sp³-hybridized carbons (Fsp3) is 0.615. The Labute approximate surface area is 123 Å². The molecule has 0 saturated carbocycles. The van der Waals surface area contributed by atoms with Crippen LogP contribution in [0.2, 0.25) is 0 Å². The summed E-state index contributed by atoms with van der Waals surface area (Å²) >= 11 is 0. The van der Waals surface area contributed by atoms with Crippen LogP contribution in [0.3, 0.4) is 0 Å². The molecule has 2 rings (SSSR count). The number of nitrogens with zero attached hydrogens (tertiary/aromatic N) is 5. The summed E-state index contributed by atoms with van der Waals surface area (Å²) in [6.45, 7) is 4.67. The van der Waals surface area contributed by atoms with Crippen molar-refractivity contribution in [2.24, 2.45) is 17.9 Å². The van der Waals surface area contributed by atoms with Crippen molar-refractivity contribution in [1.82, 2.24) is 19.6 Å². The predicted octanol–water partition coefficient (Wildman–Crippen LogP) is -0.297. The van der Waals surface area contributed by atoms with Crippen LogP contribution in [0.5, 0.6) is 0 Å². The number of nitrogens with two attached hydrogens (primary N) is 1. The fourth-order valence-corrected chi connectivity index (χ4v) is 2.67. The van der Waals surface area contributed by atoms with Crippen molar-refractivity contribution in [2.45, 2.75) is 19.4 Å². The number of rotatable bonds is 4. The van der Waals surface area contributed by atoms with Gasteiger partial charge in [0.05, 0.1) is 17.8 Å². The Balaban J connectivity index is 1.95. The van der Waals surface area contributed by atoms with Crippen LogP contribution >= 0.6 is 0 Å². The lowest BCUT2D eigenvalue weighted by atomic mass is 10.1. The van der Waals surface area contributed by atoms with E-state index >= 15 is 0 Å². The van der Waals surface area contributed by atoms with E-state index in [0.29, 0.717) is 31.7 Å². The van der Waals surface area contributed by atoms with Crippen molar-refractivity contribution in [3.05, 3.63) is 18.0 Å². The molecule has 1 atom stereocenters. The number of oxime groups is 1. The van der Waals surface area contributed by atoms with Gasteiger partial charge in [0.2, 0.25) is 0 Å². The third-order valence-electron chi connectivity index (χ3n) is 3.84. The van der Waals surface area contributed by atoms with Crippen molar-refractivity contribution in [3.63, 3.8) is 0 Å². The summed E-state index contributed by atoms with van der Waals surface area (Å²) in [6, 6.07) is -0.0781. The molecule has 1 aliphatic rings. The maximum Gasteiger partial charge on any atom is 0.257 e. The van der Waals surface area contributed by atoms with Gasteiger partial charge in [0.25, 0.3) is 5.91 Å². The maximum atomic E-state index is 12.3. The second-order valence-electron chi connectivity index (χ2n) is 5.18. The molecule has 1 aromatic rings. The van der Waals surface area contributed by atoms with E-state index in [0.717, 1.165) is 6.42 Å². The molecule has 116 valence electrons. The summed E-state index contributed by atoms with van der Waals surface area (Å²) in [5.41, 5.74) is 6.32. The van der Waals surface area contributed by atoms with Crippen molar-refractivity contribution >= 4 is 11.7 Å². The number of carbonyl (C=O) groups is 1. The molecular formula is C13H22N6O2. The molecule has 1 amide bonds. The Hall–Kier alpha value is -2.09. The third-order valence-corrected chi connectivity index (χ3v) is 3.84. The second kappa shape index (κ2) is 6.57. The molecule has 1 unspecified atom stereocenters. The standard InChI is InChI=1S/C13H22N6O2/c1-3-11(12(14)16-21)18-4-6-19(7-5-18)13(20)10-8-15-17(2)9-10/h8-9,11,21H,3-7H2,1-2H3,(H2,14,16). The van der Waals surface area contributed by atoms with Crippen LogP contribution in [0.1, 0.15) is 23.7 Å². The number of piperazine rings is 1. The Morgan fingerprint density at radius 1 is 1.48 bits per heavy atom. The number of aromatic nitrogens is 2. The number of hydrogen-bond donors (Lipinski definition) is 2. The van der Waals surface area contributed by atoms with Crippen LogP contribution in [-0.2, 0) is 7.05 Å². The number of carbonyl (C=O) groups excluding carboxylic acids is 1. The molecule has 1 aliphatic heterocycles. The molecule has 8 heteroatoms. The van der Waals surface area contributed by atoms with E-state index in [1.165, 1.54) is 0 Å². The van der Waals surface area contributed by atoms with Gasteiger partial charge >= 0.3 is 0 Å². The Kier molecular flexibility index (Phi) is 4.79. The van der Waals surface area contributed by atoms with Gasteiger partial charge in [-0.3, -0.25) is 14.4 Å². The van der Waals surface area contributed by atoms with Gasteiger partial charge < -0.3 is 15.8 Å². The highest BCUT2D eigenvalue weighted by atomic mass is 16.4. The first-order valence-corrected chi connectivity index (χ1v) is 7.06. The largest absolute Gasteiger partial charge is 0.409 e. The van der Waals surface area contributed by atoms with Gasteiger partial charge in [0, 0.05) is 39.4 Å². The zero-order chi connectivity index (χ0) is 15.4. The summed E-state index contributed by atoms with van der Waals surface area (Å²) in [6.07, 6.45) is 4.08. The van der Waals surface area contributed by atoms with Crippen LogP contribution in [0.15, 0.2) is 17.5 Å². The Bertz CT molecular complexity index is 518. The van der Waals surface area contributed by atoms with E-state index in [-0.39, 0.29) is 17.8 Å². The third kappa shape index (κ3) is 3.33. The van der Waals surface area contributed by atoms with Gasteiger partial charge in [0.15, 0.2) is 5.84 Å². The van der Waals surface area contributed by atoms with Crippen LogP contribution < -0.4 is 5.73 Å². The Morgan fingerprint density at radius 3 is 2.62 bits per heavy atom. The fourth-order valence-electron chi connectivity index (χ4n) is 2.67. The first-order chi connectivity index (χ1) is 10.1. The van der Waals surface area contributed by atoms with Crippen LogP contribution in [0.25, 0.3) is 0 Å². The second-order valence-corrected chi connectivity index (χ2v) is 5.18. The number of amidine groups is 1. The molecule has 0 radical (unpaired) electrons. The minimum Gasteiger partial charge on any atom is -0.409 e. The first-order valence-electron chi connectivity index (χ1n) is 7.06.